The highest BCUT2D eigenvalue weighted by Crippen LogP contribution is 2.34. The van der Waals surface area contributed by atoms with Gasteiger partial charge in [0, 0.05) is 6.07 Å². The van der Waals surface area contributed by atoms with Gasteiger partial charge in [-0.25, -0.2) is 8.78 Å². The van der Waals surface area contributed by atoms with E-state index in [-0.39, 0.29) is 12.5 Å². The minimum Gasteiger partial charge on any atom is -0.465 e. The summed E-state index contributed by atoms with van der Waals surface area (Å²) >= 11 is 0. The Bertz CT molecular complexity index is 423. The molecule has 0 radical (unpaired) electrons. The van der Waals surface area contributed by atoms with Crippen LogP contribution in [0.4, 0.5) is 8.78 Å². The first-order valence-electron chi connectivity index (χ1n) is 5.96. The molecule has 2 nitrogen and oxygen atoms in total. The highest BCUT2D eigenvalue weighted by atomic mass is 19.1. The maximum atomic E-state index is 13.3. The van der Waals surface area contributed by atoms with Crippen molar-refractivity contribution < 1.29 is 18.3 Å². The van der Waals surface area contributed by atoms with Gasteiger partial charge in [0.2, 0.25) is 0 Å². The van der Waals surface area contributed by atoms with E-state index in [0.717, 1.165) is 6.07 Å². The van der Waals surface area contributed by atoms with Crippen LogP contribution in [0, 0.1) is 17.6 Å². The maximum absolute atomic E-state index is 13.3. The molecule has 0 aliphatic heterocycles. The molecule has 0 spiro atoms. The lowest BCUT2D eigenvalue weighted by molar-refractivity contribution is -0.151. The summed E-state index contributed by atoms with van der Waals surface area (Å²) in [5, 5.41) is 0. The predicted octanol–water partition coefficient (Wildman–Crippen LogP) is 3.44. The lowest BCUT2D eigenvalue weighted by Crippen LogP contribution is -2.39. The van der Waals surface area contributed by atoms with Crippen molar-refractivity contribution in [3.8, 4) is 0 Å². The molecule has 0 saturated carbocycles. The number of rotatable bonds is 4. The Hall–Kier alpha value is -1.45. The lowest BCUT2D eigenvalue weighted by atomic mass is 9.73. The van der Waals surface area contributed by atoms with E-state index in [1.807, 2.05) is 13.8 Å². The van der Waals surface area contributed by atoms with Gasteiger partial charge in [-0.05, 0) is 37.5 Å². The molecular formula is C14H18F2O2. The lowest BCUT2D eigenvalue weighted by Gasteiger charge is -2.31. The fraction of sp³-hybridized carbons (Fsp3) is 0.500. The largest absolute Gasteiger partial charge is 0.465 e. The normalized spacial score (nSPS) is 14.4. The van der Waals surface area contributed by atoms with Crippen LogP contribution >= 0.6 is 0 Å². The summed E-state index contributed by atoms with van der Waals surface area (Å²) in [6.45, 7) is 7.22. The van der Waals surface area contributed by atoms with Gasteiger partial charge >= 0.3 is 5.97 Å². The minimum atomic E-state index is -1.06. The van der Waals surface area contributed by atoms with Gasteiger partial charge in [0.05, 0.1) is 12.0 Å². The van der Waals surface area contributed by atoms with Gasteiger partial charge in [-0.3, -0.25) is 4.79 Å². The highest BCUT2D eigenvalue weighted by Gasteiger charge is 2.40. The van der Waals surface area contributed by atoms with E-state index >= 15 is 0 Å². The Morgan fingerprint density at radius 2 is 1.78 bits per heavy atom. The number of benzene rings is 1. The van der Waals surface area contributed by atoms with Crippen molar-refractivity contribution in [3.63, 3.8) is 0 Å². The molecule has 1 aromatic rings. The number of hydrogen-bond donors (Lipinski definition) is 0. The van der Waals surface area contributed by atoms with Crippen LogP contribution in [0.25, 0.3) is 0 Å². The summed E-state index contributed by atoms with van der Waals surface area (Å²) in [5.41, 5.74) is -0.757. The molecule has 18 heavy (non-hydrogen) atoms. The van der Waals surface area contributed by atoms with Crippen LogP contribution in [0.2, 0.25) is 0 Å². The molecule has 0 aliphatic carbocycles. The Kier molecular flexibility index (Phi) is 4.43. The molecule has 0 heterocycles. The van der Waals surface area contributed by atoms with Crippen molar-refractivity contribution in [3.05, 3.63) is 35.4 Å². The molecule has 0 amide bonds. The zero-order chi connectivity index (χ0) is 13.9. The predicted molar refractivity (Wildman–Crippen MR) is 65.2 cm³/mol. The quantitative estimate of drug-likeness (QED) is 0.771. The number of carbonyl (C=O) groups excluding carboxylic acids is 1. The van der Waals surface area contributed by atoms with E-state index in [9.17, 15) is 13.6 Å². The maximum Gasteiger partial charge on any atom is 0.316 e. The molecule has 0 N–H and O–H groups in total. The Morgan fingerprint density at radius 3 is 2.17 bits per heavy atom. The second-order valence-electron chi connectivity index (χ2n) is 4.74. The summed E-state index contributed by atoms with van der Waals surface area (Å²) < 4.78 is 31.6. The van der Waals surface area contributed by atoms with Crippen LogP contribution in [-0.2, 0) is 14.9 Å². The molecule has 0 bridgehead atoms. The topological polar surface area (TPSA) is 26.3 Å². The smallest absolute Gasteiger partial charge is 0.316 e. The molecule has 0 saturated heterocycles. The number of carbonyl (C=O) groups is 1. The van der Waals surface area contributed by atoms with Gasteiger partial charge in [0.25, 0.3) is 0 Å². The summed E-state index contributed by atoms with van der Waals surface area (Å²) in [5.74, 6) is -2.00. The molecule has 0 fully saturated rings. The van der Waals surface area contributed by atoms with Crippen LogP contribution in [-0.4, -0.2) is 12.6 Å². The van der Waals surface area contributed by atoms with Crippen LogP contribution < -0.4 is 0 Å². The molecule has 1 unspecified atom stereocenters. The van der Waals surface area contributed by atoms with E-state index in [0.29, 0.717) is 5.56 Å². The molecule has 1 rings (SSSR count). The molecule has 0 aromatic heterocycles. The zero-order valence-corrected chi connectivity index (χ0v) is 11.1. The van der Waals surface area contributed by atoms with E-state index in [2.05, 4.69) is 0 Å². The second-order valence-corrected chi connectivity index (χ2v) is 4.74. The van der Waals surface area contributed by atoms with E-state index in [4.69, 9.17) is 4.74 Å². The second kappa shape index (κ2) is 5.46. The molecule has 100 valence electrons. The standard InChI is InChI=1S/C14H18F2O2/c1-5-18-13(17)14(4,9(2)3)10-6-11(15)8-12(16)7-10/h6-9H,5H2,1-4H3. The first-order valence-corrected chi connectivity index (χ1v) is 5.96. The fourth-order valence-corrected chi connectivity index (χ4v) is 1.82. The molecule has 4 heteroatoms. The Balaban J connectivity index is 3.31. The monoisotopic (exact) mass is 256 g/mol. The molecule has 0 aliphatic rings. The van der Waals surface area contributed by atoms with Crippen molar-refractivity contribution in [2.24, 2.45) is 5.92 Å². The summed E-state index contributed by atoms with van der Waals surface area (Å²) in [4.78, 5) is 12.1. The van der Waals surface area contributed by atoms with Crippen LogP contribution in [0.3, 0.4) is 0 Å². The number of esters is 1. The van der Waals surface area contributed by atoms with Crippen molar-refractivity contribution in [1.29, 1.82) is 0 Å². The minimum absolute atomic E-state index is 0.141. The third-order valence-corrected chi connectivity index (χ3v) is 3.32. The number of hydrogen-bond acceptors (Lipinski definition) is 2. The fourth-order valence-electron chi connectivity index (χ4n) is 1.82. The SMILES string of the molecule is CCOC(=O)C(C)(c1cc(F)cc(F)c1)C(C)C. The van der Waals surface area contributed by atoms with Crippen molar-refractivity contribution in [2.45, 2.75) is 33.1 Å². The molecule has 1 atom stereocenters. The molecular weight excluding hydrogens is 238 g/mol. The van der Waals surface area contributed by atoms with Crippen molar-refractivity contribution in [1.82, 2.24) is 0 Å². The van der Waals surface area contributed by atoms with Crippen LogP contribution in [0.5, 0.6) is 0 Å². The Labute approximate surface area is 106 Å². The average molecular weight is 256 g/mol. The van der Waals surface area contributed by atoms with Gasteiger partial charge in [0.15, 0.2) is 0 Å². The number of halogens is 2. The van der Waals surface area contributed by atoms with Crippen LogP contribution in [0.1, 0.15) is 33.3 Å². The zero-order valence-electron chi connectivity index (χ0n) is 11.1. The third-order valence-electron chi connectivity index (χ3n) is 3.32. The highest BCUT2D eigenvalue weighted by molar-refractivity contribution is 5.83. The third kappa shape index (κ3) is 2.68. The van der Waals surface area contributed by atoms with E-state index < -0.39 is 23.0 Å². The first-order chi connectivity index (χ1) is 8.32. The van der Waals surface area contributed by atoms with Gasteiger partial charge in [0.1, 0.15) is 11.6 Å². The average Bonchev–Trinajstić information content (AvgIpc) is 2.26. The number of ether oxygens (including phenoxy) is 1. The van der Waals surface area contributed by atoms with Gasteiger partial charge in [-0.2, -0.15) is 0 Å². The Morgan fingerprint density at radius 1 is 1.28 bits per heavy atom. The molecule has 1 aromatic carbocycles. The summed E-state index contributed by atoms with van der Waals surface area (Å²) in [7, 11) is 0. The van der Waals surface area contributed by atoms with Crippen molar-refractivity contribution >= 4 is 5.97 Å². The van der Waals surface area contributed by atoms with Gasteiger partial charge in [-0.1, -0.05) is 13.8 Å². The van der Waals surface area contributed by atoms with Crippen LogP contribution in [0.15, 0.2) is 18.2 Å². The van der Waals surface area contributed by atoms with Crippen molar-refractivity contribution in [2.75, 3.05) is 6.61 Å². The van der Waals surface area contributed by atoms with E-state index in [1.54, 1.807) is 13.8 Å². The first kappa shape index (κ1) is 14.6. The van der Waals surface area contributed by atoms with Gasteiger partial charge < -0.3 is 4.74 Å². The summed E-state index contributed by atoms with van der Waals surface area (Å²) in [6, 6.07) is 3.15. The van der Waals surface area contributed by atoms with E-state index in [1.165, 1.54) is 12.1 Å². The summed E-state index contributed by atoms with van der Waals surface area (Å²) in [6.07, 6.45) is 0. The van der Waals surface area contributed by atoms with Gasteiger partial charge in [-0.15, -0.1) is 0 Å².